The van der Waals surface area contributed by atoms with Crippen LogP contribution in [-0.2, 0) is 14.4 Å². The van der Waals surface area contributed by atoms with Crippen molar-refractivity contribution >= 4 is 29.3 Å². The van der Waals surface area contributed by atoms with Crippen molar-refractivity contribution in [3.05, 3.63) is 29.3 Å². The number of primary amides is 1. The molecule has 2 saturated heterocycles. The summed E-state index contributed by atoms with van der Waals surface area (Å²) < 4.78 is 5.91. The van der Waals surface area contributed by atoms with Crippen LogP contribution < -0.4 is 10.5 Å². The summed E-state index contributed by atoms with van der Waals surface area (Å²) in [5, 5.41) is 0.586. The molecule has 2 aliphatic heterocycles. The standard InChI is InChI=1S/C21H28ClN3O4/c22-16-3-1-4-17(13-16)29-15-21(14-18(23)26)7-11-25(12-8-21)20(28)6-10-24-9-2-5-19(24)27/h1,3-4,13H,2,5-12,14-15H2,(H2,23,26). The quantitative estimate of drug-likeness (QED) is 0.696. The first-order valence-electron chi connectivity index (χ1n) is 10.1. The molecule has 2 fully saturated rings. The van der Waals surface area contributed by atoms with Crippen molar-refractivity contribution in [2.75, 3.05) is 32.8 Å². The number of nitrogens with zero attached hydrogens (tertiary/aromatic N) is 2. The van der Waals surface area contributed by atoms with Gasteiger partial charge in [0.15, 0.2) is 0 Å². The summed E-state index contributed by atoms with van der Waals surface area (Å²) in [4.78, 5) is 39.5. The lowest BCUT2D eigenvalue weighted by atomic mass is 9.76. The van der Waals surface area contributed by atoms with Crippen LogP contribution in [0.5, 0.6) is 5.75 Å². The van der Waals surface area contributed by atoms with Gasteiger partial charge in [0, 0.05) is 55.9 Å². The van der Waals surface area contributed by atoms with Crippen LogP contribution >= 0.6 is 11.6 Å². The molecule has 8 heteroatoms. The fourth-order valence-corrected chi connectivity index (χ4v) is 4.27. The smallest absolute Gasteiger partial charge is 0.224 e. The predicted octanol–water partition coefficient (Wildman–Crippen LogP) is 2.22. The Hall–Kier alpha value is -2.28. The van der Waals surface area contributed by atoms with E-state index in [4.69, 9.17) is 22.1 Å². The minimum atomic E-state index is -0.393. The number of hydrogen-bond donors (Lipinski definition) is 1. The normalized spacial score (nSPS) is 18.7. The second kappa shape index (κ2) is 9.48. The molecule has 1 aromatic carbocycles. The zero-order valence-corrected chi connectivity index (χ0v) is 17.3. The largest absolute Gasteiger partial charge is 0.493 e. The summed E-state index contributed by atoms with van der Waals surface area (Å²) in [6.07, 6.45) is 3.31. The average Bonchev–Trinajstić information content (AvgIpc) is 3.10. The van der Waals surface area contributed by atoms with Gasteiger partial charge in [-0.05, 0) is 37.5 Å². The van der Waals surface area contributed by atoms with Crippen molar-refractivity contribution in [2.24, 2.45) is 11.1 Å². The van der Waals surface area contributed by atoms with Crippen LogP contribution in [0, 0.1) is 5.41 Å². The third-order valence-corrected chi connectivity index (χ3v) is 6.07. The van der Waals surface area contributed by atoms with Crippen molar-refractivity contribution in [2.45, 2.75) is 38.5 Å². The summed E-state index contributed by atoms with van der Waals surface area (Å²) >= 11 is 6.00. The van der Waals surface area contributed by atoms with Crippen molar-refractivity contribution in [3.8, 4) is 5.75 Å². The number of carbonyl (C=O) groups is 3. The minimum Gasteiger partial charge on any atom is -0.493 e. The van der Waals surface area contributed by atoms with Crippen molar-refractivity contribution < 1.29 is 19.1 Å². The molecule has 2 heterocycles. The Labute approximate surface area is 176 Å². The summed E-state index contributed by atoms with van der Waals surface area (Å²) in [7, 11) is 0. The van der Waals surface area contributed by atoms with Crippen LogP contribution in [0.2, 0.25) is 5.02 Å². The third-order valence-electron chi connectivity index (χ3n) is 5.83. The van der Waals surface area contributed by atoms with Crippen LogP contribution in [0.15, 0.2) is 24.3 Å². The van der Waals surface area contributed by atoms with Crippen LogP contribution in [0.25, 0.3) is 0 Å². The van der Waals surface area contributed by atoms with E-state index < -0.39 is 5.41 Å². The Morgan fingerprint density at radius 3 is 2.59 bits per heavy atom. The molecule has 2 N–H and O–H groups in total. The van der Waals surface area contributed by atoms with Gasteiger partial charge in [-0.1, -0.05) is 17.7 Å². The second-order valence-corrected chi connectivity index (χ2v) is 8.44. The molecule has 0 unspecified atom stereocenters. The van der Waals surface area contributed by atoms with E-state index in [2.05, 4.69) is 0 Å². The van der Waals surface area contributed by atoms with E-state index in [1.54, 1.807) is 17.0 Å². The molecule has 3 amide bonds. The predicted molar refractivity (Wildman–Crippen MR) is 109 cm³/mol. The van der Waals surface area contributed by atoms with Gasteiger partial charge in [0.25, 0.3) is 0 Å². The summed E-state index contributed by atoms with van der Waals surface area (Å²) in [6.45, 7) is 2.69. The molecule has 0 radical (unpaired) electrons. The van der Waals surface area contributed by atoms with Gasteiger partial charge < -0.3 is 20.3 Å². The maximum atomic E-state index is 12.6. The lowest BCUT2D eigenvalue weighted by Crippen LogP contribution is -2.47. The highest BCUT2D eigenvalue weighted by molar-refractivity contribution is 6.30. The number of likely N-dealkylation sites (tertiary alicyclic amines) is 2. The minimum absolute atomic E-state index is 0.0492. The number of carbonyl (C=O) groups excluding carboxylic acids is 3. The highest BCUT2D eigenvalue weighted by Gasteiger charge is 2.38. The molecule has 7 nitrogen and oxygen atoms in total. The van der Waals surface area contributed by atoms with Crippen molar-refractivity contribution in [1.82, 2.24) is 9.80 Å². The van der Waals surface area contributed by atoms with Gasteiger partial charge in [0.05, 0.1) is 6.61 Å². The van der Waals surface area contributed by atoms with Gasteiger partial charge in [-0.25, -0.2) is 0 Å². The molecule has 0 saturated carbocycles. The summed E-state index contributed by atoms with van der Waals surface area (Å²) in [6, 6.07) is 7.14. The zero-order valence-electron chi connectivity index (χ0n) is 16.6. The fraction of sp³-hybridized carbons (Fsp3) is 0.571. The van der Waals surface area contributed by atoms with E-state index in [1.807, 2.05) is 17.0 Å². The van der Waals surface area contributed by atoms with Gasteiger partial charge in [-0.2, -0.15) is 0 Å². The van der Waals surface area contributed by atoms with Gasteiger partial charge >= 0.3 is 0 Å². The molecule has 0 aromatic heterocycles. The monoisotopic (exact) mass is 421 g/mol. The number of piperidine rings is 1. The third kappa shape index (κ3) is 5.85. The number of amides is 3. The molecule has 2 aliphatic rings. The SMILES string of the molecule is NC(=O)CC1(COc2cccc(Cl)c2)CCN(C(=O)CCN2CCCC2=O)CC1. The number of halogens is 1. The molecule has 0 atom stereocenters. The highest BCUT2D eigenvalue weighted by atomic mass is 35.5. The molecule has 3 rings (SSSR count). The Morgan fingerprint density at radius 2 is 1.97 bits per heavy atom. The number of rotatable bonds is 8. The molecule has 1 aromatic rings. The number of benzene rings is 1. The van der Waals surface area contributed by atoms with Gasteiger partial charge in [0.1, 0.15) is 5.75 Å². The lowest BCUT2D eigenvalue weighted by Gasteiger charge is -2.41. The van der Waals surface area contributed by atoms with Gasteiger partial charge in [-0.15, -0.1) is 0 Å². The first kappa shape index (κ1) is 21.4. The first-order valence-corrected chi connectivity index (χ1v) is 10.5. The van der Waals surface area contributed by atoms with Crippen molar-refractivity contribution in [3.63, 3.8) is 0 Å². The topological polar surface area (TPSA) is 92.9 Å². The van der Waals surface area contributed by atoms with E-state index in [-0.39, 0.29) is 24.1 Å². The molecule has 29 heavy (non-hydrogen) atoms. The van der Waals surface area contributed by atoms with Crippen LogP contribution in [0.1, 0.15) is 38.5 Å². The number of nitrogens with two attached hydrogens (primary N) is 1. The Balaban J connectivity index is 1.53. The number of ether oxygens (including phenoxy) is 1. The Morgan fingerprint density at radius 1 is 1.21 bits per heavy atom. The van der Waals surface area contributed by atoms with E-state index in [9.17, 15) is 14.4 Å². The van der Waals surface area contributed by atoms with E-state index >= 15 is 0 Å². The fourth-order valence-electron chi connectivity index (χ4n) is 4.09. The summed E-state index contributed by atoms with van der Waals surface area (Å²) in [5.41, 5.74) is 5.10. The van der Waals surface area contributed by atoms with Crippen LogP contribution in [0.4, 0.5) is 0 Å². The summed E-state index contributed by atoms with van der Waals surface area (Å²) in [5.74, 6) is 0.463. The zero-order chi connectivity index (χ0) is 20.9. The van der Waals surface area contributed by atoms with E-state index in [0.29, 0.717) is 62.7 Å². The maximum absolute atomic E-state index is 12.6. The Bertz CT molecular complexity index is 762. The van der Waals surface area contributed by atoms with Crippen molar-refractivity contribution in [1.29, 1.82) is 0 Å². The molecular weight excluding hydrogens is 394 g/mol. The van der Waals surface area contributed by atoms with E-state index in [0.717, 1.165) is 13.0 Å². The molecule has 0 spiro atoms. The molecule has 0 aliphatic carbocycles. The van der Waals surface area contributed by atoms with E-state index in [1.165, 1.54) is 0 Å². The molecular formula is C21H28ClN3O4. The molecule has 0 bridgehead atoms. The Kier molecular flexibility index (Phi) is 7.00. The second-order valence-electron chi connectivity index (χ2n) is 8.00. The first-order chi connectivity index (χ1) is 13.9. The van der Waals surface area contributed by atoms with Gasteiger partial charge in [0.2, 0.25) is 17.7 Å². The van der Waals surface area contributed by atoms with Crippen LogP contribution in [-0.4, -0.2) is 60.3 Å². The molecule has 158 valence electrons. The number of hydrogen-bond acceptors (Lipinski definition) is 4. The highest BCUT2D eigenvalue weighted by Crippen LogP contribution is 2.36. The lowest BCUT2D eigenvalue weighted by molar-refractivity contribution is -0.135. The average molecular weight is 422 g/mol. The maximum Gasteiger partial charge on any atom is 0.224 e. The van der Waals surface area contributed by atoms with Crippen LogP contribution in [0.3, 0.4) is 0 Å². The van der Waals surface area contributed by atoms with Gasteiger partial charge in [-0.3, -0.25) is 14.4 Å².